The maximum atomic E-state index is 11.9. The highest BCUT2D eigenvalue weighted by Crippen LogP contribution is 2.24. The molecule has 0 bridgehead atoms. The molecule has 1 amide bonds. The maximum Gasteiger partial charge on any atom is 0.416 e. The predicted octanol–water partition coefficient (Wildman–Crippen LogP) is 2.22. The second-order valence-corrected chi connectivity index (χ2v) is 5.86. The number of amides is 1. The Morgan fingerprint density at radius 3 is 2.08 bits per heavy atom. The summed E-state index contributed by atoms with van der Waals surface area (Å²) in [6.07, 6.45) is -1.01. The van der Waals surface area contributed by atoms with Crippen molar-refractivity contribution in [1.29, 1.82) is 0 Å². The van der Waals surface area contributed by atoms with Crippen LogP contribution >= 0.6 is 0 Å². The molecule has 7 nitrogen and oxygen atoms in total. The normalized spacial score (nSPS) is 11.8. The van der Waals surface area contributed by atoms with Crippen molar-refractivity contribution in [3.63, 3.8) is 0 Å². The van der Waals surface area contributed by atoms with Gasteiger partial charge < -0.3 is 9.47 Å². The summed E-state index contributed by atoms with van der Waals surface area (Å²) in [5, 5.41) is 0. The molecule has 0 aliphatic rings. The topological polar surface area (TPSA) is 76.2 Å². The molecule has 0 heterocycles. The molecular formula is C17H24N2O5. The summed E-state index contributed by atoms with van der Waals surface area (Å²) in [4.78, 5) is 37.7. The molecule has 1 aromatic rings. The Morgan fingerprint density at radius 1 is 1.04 bits per heavy atom. The summed E-state index contributed by atoms with van der Waals surface area (Å²) in [5.74, 6) is -0.164. The lowest BCUT2D eigenvalue weighted by atomic mass is 10.0. The van der Waals surface area contributed by atoms with Crippen molar-refractivity contribution in [3.05, 3.63) is 29.8 Å². The minimum absolute atomic E-state index is 0.0814. The summed E-state index contributed by atoms with van der Waals surface area (Å²) < 4.78 is 10.4. The molecule has 132 valence electrons. The zero-order valence-corrected chi connectivity index (χ0v) is 14.7. The highest BCUT2D eigenvalue weighted by atomic mass is 16.6. The molecule has 1 aromatic carbocycles. The van der Waals surface area contributed by atoms with Crippen LogP contribution in [0.4, 0.5) is 4.79 Å². The SMILES string of the molecule is CC(=O)CC(OC(C)=O)c1ccc(OC(=O)N(C)CN(C)C)cc1. The van der Waals surface area contributed by atoms with E-state index in [0.717, 1.165) is 0 Å². The van der Waals surface area contributed by atoms with Crippen molar-refractivity contribution in [2.75, 3.05) is 27.8 Å². The molecule has 0 aliphatic carbocycles. The first kappa shape index (κ1) is 19.6. The van der Waals surface area contributed by atoms with E-state index in [1.165, 1.54) is 18.7 Å². The van der Waals surface area contributed by atoms with Crippen molar-refractivity contribution < 1.29 is 23.9 Å². The second-order valence-electron chi connectivity index (χ2n) is 5.86. The van der Waals surface area contributed by atoms with E-state index in [1.54, 1.807) is 31.3 Å². The van der Waals surface area contributed by atoms with Crippen LogP contribution in [0.15, 0.2) is 24.3 Å². The number of hydrogen-bond acceptors (Lipinski definition) is 6. The first-order valence-corrected chi connectivity index (χ1v) is 7.53. The van der Waals surface area contributed by atoms with Crippen LogP contribution in [0.5, 0.6) is 5.75 Å². The Morgan fingerprint density at radius 2 is 1.62 bits per heavy atom. The number of Topliss-reactive ketones (excluding diaryl/α,β-unsaturated/α-hetero) is 1. The van der Waals surface area contributed by atoms with Crippen LogP contribution in [-0.2, 0) is 14.3 Å². The van der Waals surface area contributed by atoms with E-state index < -0.39 is 18.2 Å². The molecule has 24 heavy (non-hydrogen) atoms. The number of carbonyl (C=O) groups excluding carboxylic acids is 3. The van der Waals surface area contributed by atoms with E-state index >= 15 is 0 Å². The van der Waals surface area contributed by atoms with Gasteiger partial charge in [-0.2, -0.15) is 0 Å². The van der Waals surface area contributed by atoms with Gasteiger partial charge in [-0.3, -0.25) is 19.4 Å². The van der Waals surface area contributed by atoms with Gasteiger partial charge in [-0.05, 0) is 38.7 Å². The van der Waals surface area contributed by atoms with Gasteiger partial charge in [-0.15, -0.1) is 0 Å². The number of carbonyl (C=O) groups is 3. The van der Waals surface area contributed by atoms with Gasteiger partial charge in [0.15, 0.2) is 0 Å². The smallest absolute Gasteiger partial charge is 0.416 e. The van der Waals surface area contributed by atoms with Gasteiger partial charge in [-0.1, -0.05) is 12.1 Å². The fourth-order valence-corrected chi connectivity index (χ4v) is 2.10. The number of esters is 1. The quantitative estimate of drug-likeness (QED) is 0.561. The third kappa shape index (κ3) is 6.78. The molecule has 0 N–H and O–H groups in total. The van der Waals surface area contributed by atoms with Crippen molar-refractivity contribution in [2.45, 2.75) is 26.4 Å². The molecule has 0 saturated carbocycles. The average molecular weight is 336 g/mol. The number of ether oxygens (including phenoxy) is 2. The Kier molecular flexibility index (Phi) is 7.38. The van der Waals surface area contributed by atoms with E-state index in [-0.39, 0.29) is 12.2 Å². The van der Waals surface area contributed by atoms with Gasteiger partial charge in [0, 0.05) is 20.4 Å². The van der Waals surface area contributed by atoms with Crippen molar-refractivity contribution >= 4 is 17.8 Å². The lowest BCUT2D eigenvalue weighted by molar-refractivity contribution is -0.147. The predicted molar refractivity (Wildman–Crippen MR) is 88.6 cm³/mol. The fourth-order valence-electron chi connectivity index (χ4n) is 2.10. The Balaban J connectivity index is 2.77. The number of benzene rings is 1. The summed E-state index contributed by atoms with van der Waals surface area (Å²) >= 11 is 0. The minimum Gasteiger partial charge on any atom is -0.457 e. The van der Waals surface area contributed by atoms with Crippen LogP contribution in [0.2, 0.25) is 0 Å². The molecule has 0 aliphatic heterocycles. The first-order valence-electron chi connectivity index (χ1n) is 7.53. The molecule has 1 rings (SSSR count). The maximum absolute atomic E-state index is 11.9. The molecule has 0 aromatic heterocycles. The number of hydrogen-bond donors (Lipinski definition) is 0. The largest absolute Gasteiger partial charge is 0.457 e. The van der Waals surface area contributed by atoms with Crippen LogP contribution in [-0.4, -0.2) is 55.5 Å². The molecular weight excluding hydrogens is 312 g/mol. The molecule has 0 radical (unpaired) electrons. The summed E-state index contributed by atoms with van der Waals surface area (Å²) in [6.45, 7) is 3.17. The fraction of sp³-hybridized carbons (Fsp3) is 0.471. The summed E-state index contributed by atoms with van der Waals surface area (Å²) in [5.41, 5.74) is 0.668. The average Bonchev–Trinajstić information content (AvgIpc) is 2.45. The van der Waals surface area contributed by atoms with Gasteiger partial charge in [-0.25, -0.2) is 4.79 Å². The Labute approximate surface area is 142 Å². The monoisotopic (exact) mass is 336 g/mol. The Hall–Kier alpha value is -2.41. The van der Waals surface area contributed by atoms with Crippen LogP contribution in [0.3, 0.4) is 0 Å². The molecule has 0 fully saturated rings. The van der Waals surface area contributed by atoms with Gasteiger partial charge >= 0.3 is 12.1 Å². The highest BCUT2D eigenvalue weighted by Gasteiger charge is 2.18. The number of rotatable bonds is 7. The van der Waals surface area contributed by atoms with E-state index in [9.17, 15) is 14.4 Å². The van der Waals surface area contributed by atoms with Crippen LogP contribution in [0.25, 0.3) is 0 Å². The first-order chi connectivity index (χ1) is 11.2. The third-order valence-corrected chi connectivity index (χ3v) is 3.04. The van der Waals surface area contributed by atoms with Crippen LogP contribution in [0.1, 0.15) is 31.9 Å². The van der Waals surface area contributed by atoms with Crippen LogP contribution in [0, 0.1) is 0 Å². The molecule has 7 heteroatoms. The molecule has 1 atom stereocenters. The van der Waals surface area contributed by atoms with E-state index in [0.29, 0.717) is 18.0 Å². The van der Waals surface area contributed by atoms with Crippen molar-refractivity contribution in [3.8, 4) is 5.75 Å². The lowest BCUT2D eigenvalue weighted by Crippen LogP contribution is -2.37. The van der Waals surface area contributed by atoms with Crippen molar-refractivity contribution in [2.24, 2.45) is 0 Å². The highest BCUT2D eigenvalue weighted by molar-refractivity contribution is 5.77. The van der Waals surface area contributed by atoms with Gasteiger partial charge in [0.05, 0.1) is 6.67 Å². The molecule has 0 spiro atoms. The number of nitrogens with zero attached hydrogens (tertiary/aromatic N) is 2. The van der Waals surface area contributed by atoms with E-state index in [2.05, 4.69) is 0 Å². The van der Waals surface area contributed by atoms with E-state index in [1.807, 2.05) is 19.0 Å². The van der Waals surface area contributed by atoms with Gasteiger partial charge in [0.1, 0.15) is 17.6 Å². The van der Waals surface area contributed by atoms with Gasteiger partial charge in [0.2, 0.25) is 0 Å². The molecule has 0 saturated heterocycles. The van der Waals surface area contributed by atoms with Gasteiger partial charge in [0.25, 0.3) is 0 Å². The standard InChI is InChI=1S/C17H24N2O5/c1-12(20)10-16(23-13(2)21)14-6-8-15(9-7-14)24-17(22)19(5)11-18(3)4/h6-9,16H,10-11H2,1-5H3. The minimum atomic E-state index is -0.638. The lowest BCUT2D eigenvalue weighted by Gasteiger charge is -2.21. The number of ketones is 1. The Bertz CT molecular complexity index is 567. The second kappa shape index (κ2) is 9.02. The van der Waals surface area contributed by atoms with E-state index in [4.69, 9.17) is 9.47 Å². The summed E-state index contributed by atoms with van der Waals surface area (Å²) in [6, 6.07) is 6.55. The molecule has 1 unspecified atom stereocenters. The summed E-state index contributed by atoms with van der Waals surface area (Å²) in [7, 11) is 5.34. The third-order valence-electron chi connectivity index (χ3n) is 3.04. The zero-order chi connectivity index (χ0) is 18.3. The van der Waals surface area contributed by atoms with Crippen molar-refractivity contribution in [1.82, 2.24) is 9.80 Å². The zero-order valence-electron chi connectivity index (χ0n) is 14.7. The van der Waals surface area contributed by atoms with Crippen LogP contribution < -0.4 is 4.74 Å².